The summed E-state index contributed by atoms with van der Waals surface area (Å²) >= 11 is 7.65. The van der Waals surface area contributed by atoms with Crippen LogP contribution < -0.4 is 10.5 Å². The fourth-order valence-electron chi connectivity index (χ4n) is 1.50. The number of nitrogens with zero attached hydrogens (tertiary/aromatic N) is 1. The van der Waals surface area contributed by atoms with Crippen molar-refractivity contribution in [3.63, 3.8) is 0 Å². The predicted octanol–water partition coefficient (Wildman–Crippen LogP) is 4.26. The summed E-state index contributed by atoms with van der Waals surface area (Å²) in [7, 11) is 0. The molecule has 19 heavy (non-hydrogen) atoms. The van der Waals surface area contributed by atoms with Gasteiger partial charge >= 0.3 is 0 Å². The molecule has 102 valence electrons. The van der Waals surface area contributed by atoms with Crippen molar-refractivity contribution in [3.8, 4) is 5.75 Å². The number of anilines is 1. The maximum Gasteiger partial charge on any atom is 0.140 e. The van der Waals surface area contributed by atoms with Crippen LogP contribution >= 0.6 is 22.9 Å². The van der Waals surface area contributed by atoms with Crippen LogP contribution in [-0.2, 0) is 12.0 Å². The first-order valence-corrected chi connectivity index (χ1v) is 7.25. The highest BCUT2D eigenvalue weighted by molar-refractivity contribution is 7.09. The lowest BCUT2D eigenvalue weighted by Gasteiger charge is -2.14. The van der Waals surface area contributed by atoms with Crippen molar-refractivity contribution in [2.24, 2.45) is 0 Å². The molecule has 2 rings (SSSR count). The van der Waals surface area contributed by atoms with Crippen molar-refractivity contribution in [2.75, 3.05) is 5.73 Å². The standard InChI is InChI=1S/C14H17ClN2OS/c1-14(2,3)12-8-19-13(17-12)7-18-11-5-4-9(16)6-10(11)15/h4-6,8H,7,16H2,1-3H3. The molecule has 0 fully saturated rings. The fraction of sp³-hybridized carbons (Fsp3) is 0.357. The molecular formula is C14H17ClN2OS. The summed E-state index contributed by atoms with van der Waals surface area (Å²) in [5.41, 5.74) is 7.41. The van der Waals surface area contributed by atoms with Gasteiger partial charge < -0.3 is 10.5 Å². The van der Waals surface area contributed by atoms with Gasteiger partial charge in [0.1, 0.15) is 17.4 Å². The number of halogens is 1. The van der Waals surface area contributed by atoms with Gasteiger partial charge in [-0.25, -0.2) is 4.98 Å². The molecule has 0 aliphatic carbocycles. The smallest absolute Gasteiger partial charge is 0.140 e. The molecule has 0 unspecified atom stereocenters. The summed E-state index contributed by atoms with van der Waals surface area (Å²) in [6.07, 6.45) is 0. The van der Waals surface area contributed by atoms with Gasteiger partial charge in [-0.3, -0.25) is 0 Å². The predicted molar refractivity (Wildman–Crippen MR) is 81.0 cm³/mol. The topological polar surface area (TPSA) is 48.1 Å². The zero-order valence-corrected chi connectivity index (χ0v) is 12.8. The number of nitrogens with two attached hydrogens (primary N) is 1. The average molecular weight is 297 g/mol. The van der Waals surface area contributed by atoms with E-state index in [0.29, 0.717) is 23.1 Å². The molecule has 0 saturated carbocycles. The van der Waals surface area contributed by atoms with Crippen LogP contribution in [0.4, 0.5) is 5.69 Å². The summed E-state index contributed by atoms with van der Waals surface area (Å²) in [6, 6.07) is 5.22. The van der Waals surface area contributed by atoms with Crippen LogP contribution in [0.5, 0.6) is 5.75 Å². The maximum atomic E-state index is 6.05. The van der Waals surface area contributed by atoms with Gasteiger partial charge in [0.2, 0.25) is 0 Å². The molecule has 0 atom stereocenters. The number of hydrogen-bond donors (Lipinski definition) is 1. The highest BCUT2D eigenvalue weighted by Crippen LogP contribution is 2.28. The zero-order chi connectivity index (χ0) is 14.0. The van der Waals surface area contributed by atoms with E-state index < -0.39 is 0 Å². The second-order valence-electron chi connectivity index (χ2n) is 5.36. The third-order valence-corrected chi connectivity index (χ3v) is 3.74. The Morgan fingerprint density at radius 2 is 2.11 bits per heavy atom. The molecule has 0 spiro atoms. The molecule has 0 aliphatic rings. The Morgan fingerprint density at radius 1 is 1.37 bits per heavy atom. The number of thiazole rings is 1. The average Bonchev–Trinajstić information content (AvgIpc) is 2.76. The number of aromatic nitrogens is 1. The van der Waals surface area contributed by atoms with E-state index in [4.69, 9.17) is 22.1 Å². The van der Waals surface area contributed by atoms with Crippen molar-refractivity contribution >= 4 is 28.6 Å². The molecule has 0 radical (unpaired) electrons. The van der Waals surface area contributed by atoms with Crippen LogP contribution in [0.3, 0.4) is 0 Å². The van der Waals surface area contributed by atoms with E-state index in [9.17, 15) is 0 Å². The first-order valence-electron chi connectivity index (χ1n) is 5.99. The summed E-state index contributed by atoms with van der Waals surface area (Å²) < 4.78 is 5.66. The summed E-state index contributed by atoms with van der Waals surface area (Å²) in [5.74, 6) is 0.628. The van der Waals surface area contributed by atoms with E-state index in [1.165, 1.54) is 0 Å². The third kappa shape index (κ3) is 3.61. The minimum Gasteiger partial charge on any atom is -0.485 e. The Hall–Kier alpha value is -1.26. The second kappa shape index (κ2) is 5.39. The molecule has 0 saturated heterocycles. The van der Waals surface area contributed by atoms with Gasteiger partial charge in [-0.2, -0.15) is 0 Å². The lowest BCUT2D eigenvalue weighted by molar-refractivity contribution is 0.305. The van der Waals surface area contributed by atoms with E-state index in [-0.39, 0.29) is 5.41 Å². The van der Waals surface area contributed by atoms with Crippen LogP contribution in [-0.4, -0.2) is 4.98 Å². The van der Waals surface area contributed by atoms with Crippen LogP contribution in [0, 0.1) is 0 Å². The van der Waals surface area contributed by atoms with Gasteiger partial charge in [0.25, 0.3) is 0 Å². The van der Waals surface area contributed by atoms with Crippen molar-refractivity contribution in [3.05, 3.63) is 39.3 Å². The van der Waals surface area contributed by atoms with E-state index in [1.54, 1.807) is 29.5 Å². The maximum absolute atomic E-state index is 6.05. The Balaban J connectivity index is 2.04. The Labute approximate surface area is 122 Å². The third-order valence-electron chi connectivity index (χ3n) is 2.63. The quantitative estimate of drug-likeness (QED) is 0.861. The van der Waals surface area contributed by atoms with Crippen LogP contribution in [0.2, 0.25) is 5.02 Å². The molecule has 1 aromatic heterocycles. The SMILES string of the molecule is CC(C)(C)c1csc(COc2ccc(N)cc2Cl)n1. The molecule has 5 heteroatoms. The van der Waals surface area contributed by atoms with Crippen LogP contribution in [0.25, 0.3) is 0 Å². The highest BCUT2D eigenvalue weighted by atomic mass is 35.5. The number of nitrogen functional groups attached to an aromatic ring is 1. The fourth-order valence-corrected chi connectivity index (χ4v) is 2.67. The van der Waals surface area contributed by atoms with Gasteiger partial charge in [0, 0.05) is 16.5 Å². The van der Waals surface area contributed by atoms with Gasteiger partial charge in [-0.05, 0) is 18.2 Å². The summed E-state index contributed by atoms with van der Waals surface area (Å²) in [5, 5.41) is 3.54. The number of hydrogen-bond acceptors (Lipinski definition) is 4. The molecule has 0 amide bonds. The van der Waals surface area contributed by atoms with Crippen molar-refractivity contribution < 1.29 is 4.74 Å². The van der Waals surface area contributed by atoms with Gasteiger partial charge in [0.05, 0.1) is 10.7 Å². The Morgan fingerprint density at radius 3 is 2.68 bits per heavy atom. The second-order valence-corrected chi connectivity index (χ2v) is 6.70. The van der Waals surface area contributed by atoms with Crippen LogP contribution in [0.15, 0.2) is 23.6 Å². The lowest BCUT2D eigenvalue weighted by atomic mass is 9.93. The molecule has 2 N–H and O–H groups in total. The van der Waals surface area contributed by atoms with Gasteiger partial charge in [-0.1, -0.05) is 32.4 Å². The largest absolute Gasteiger partial charge is 0.485 e. The van der Waals surface area contributed by atoms with Crippen LogP contribution in [0.1, 0.15) is 31.5 Å². The van der Waals surface area contributed by atoms with E-state index >= 15 is 0 Å². The van der Waals surface area contributed by atoms with Crippen molar-refractivity contribution in [1.29, 1.82) is 0 Å². The first kappa shape index (κ1) is 14.2. The number of rotatable bonds is 3. The molecule has 0 aliphatic heterocycles. The van der Waals surface area contributed by atoms with Crippen molar-refractivity contribution in [2.45, 2.75) is 32.8 Å². The minimum absolute atomic E-state index is 0.0631. The molecular weight excluding hydrogens is 280 g/mol. The Kier molecular flexibility index (Phi) is 4.02. The van der Waals surface area contributed by atoms with E-state index in [2.05, 4.69) is 31.1 Å². The molecule has 0 bridgehead atoms. The lowest BCUT2D eigenvalue weighted by Crippen LogP contribution is -2.11. The molecule has 1 heterocycles. The monoisotopic (exact) mass is 296 g/mol. The van der Waals surface area contributed by atoms with E-state index in [0.717, 1.165) is 10.7 Å². The highest BCUT2D eigenvalue weighted by Gasteiger charge is 2.17. The van der Waals surface area contributed by atoms with Gasteiger partial charge in [0.15, 0.2) is 0 Å². The zero-order valence-electron chi connectivity index (χ0n) is 11.2. The van der Waals surface area contributed by atoms with Crippen molar-refractivity contribution in [1.82, 2.24) is 4.98 Å². The number of benzene rings is 1. The molecule has 1 aromatic carbocycles. The number of ether oxygens (including phenoxy) is 1. The van der Waals surface area contributed by atoms with E-state index in [1.807, 2.05) is 0 Å². The normalized spacial score (nSPS) is 11.6. The summed E-state index contributed by atoms with van der Waals surface area (Å²) in [6.45, 7) is 6.85. The molecule has 2 aromatic rings. The molecule has 3 nitrogen and oxygen atoms in total. The van der Waals surface area contributed by atoms with Gasteiger partial charge in [-0.15, -0.1) is 11.3 Å². The Bertz CT molecular complexity index is 575. The minimum atomic E-state index is 0.0631. The summed E-state index contributed by atoms with van der Waals surface area (Å²) in [4.78, 5) is 4.57. The first-order chi connectivity index (χ1) is 8.86.